The predicted octanol–water partition coefficient (Wildman–Crippen LogP) is 2.00. The Bertz CT molecular complexity index is 519. The van der Waals surface area contributed by atoms with Crippen molar-refractivity contribution in [3.05, 3.63) is 35.7 Å². The van der Waals surface area contributed by atoms with E-state index in [2.05, 4.69) is 10.2 Å². The summed E-state index contributed by atoms with van der Waals surface area (Å²) in [7, 11) is 0. The van der Waals surface area contributed by atoms with Crippen LogP contribution in [0.5, 0.6) is 0 Å². The molecule has 1 N–H and O–H groups in total. The molecule has 2 rings (SSSR count). The average molecular weight is 218 g/mol. The molecule has 16 heavy (non-hydrogen) atoms. The van der Waals surface area contributed by atoms with Crippen LogP contribution in [0.3, 0.4) is 0 Å². The minimum absolute atomic E-state index is 0.161. The number of aryl methyl sites for hydroxylation is 1. The van der Waals surface area contributed by atoms with E-state index in [0.717, 1.165) is 0 Å². The Balaban J connectivity index is 2.50. The minimum atomic E-state index is -1.01. The van der Waals surface area contributed by atoms with Crippen LogP contribution in [0.1, 0.15) is 23.2 Å². The van der Waals surface area contributed by atoms with Crippen molar-refractivity contribution < 1.29 is 14.3 Å². The van der Waals surface area contributed by atoms with Gasteiger partial charge >= 0.3 is 5.97 Å². The first-order valence-corrected chi connectivity index (χ1v) is 4.87. The van der Waals surface area contributed by atoms with Gasteiger partial charge in [0.05, 0.1) is 11.1 Å². The van der Waals surface area contributed by atoms with Crippen LogP contribution in [0.2, 0.25) is 0 Å². The maximum Gasteiger partial charge on any atom is 0.336 e. The Morgan fingerprint density at radius 1 is 1.38 bits per heavy atom. The largest absolute Gasteiger partial charge is 0.478 e. The SMILES string of the molecule is CCc1nnc(-c2ccccc2C(=O)O)o1. The number of hydrogen-bond acceptors (Lipinski definition) is 4. The lowest BCUT2D eigenvalue weighted by atomic mass is 10.1. The van der Waals surface area contributed by atoms with Crippen LogP contribution in [-0.4, -0.2) is 21.3 Å². The van der Waals surface area contributed by atoms with Gasteiger partial charge in [-0.3, -0.25) is 0 Å². The molecule has 0 aliphatic heterocycles. The van der Waals surface area contributed by atoms with Crippen molar-refractivity contribution in [2.45, 2.75) is 13.3 Å². The van der Waals surface area contributed by atoms with Crippen LogP contribution in [0.4, 0.5) is 0 Å². The minimum Gasteiger partial charge on any atom is -0.478 e. The molecule has 2 aromatic rings. The van der Waals surface area contributed by atoms with Gasteiger partial charge in [-0.15, -0.1) is 10.2 Å². The van der Waals surface area contributed by atoms with Gasteiger partial charge in [-0.1, -0.05) is 19.1 Å². The number of aromatic carboxylic acids is 1. The molecule has 0 bridgehead atoms. The van der Waals surface area contributed by atoms with E-state index in [0.29, 0.717) is 17.9 Å². The van der Waals surface area contributed by atoms with Gasteiger partial charge in [0.15, 0.2) is 0 Å². The van der Waals surface area contributed by atoms with Gasteiger partial charge in [0.1, 0.15) is 0 Å². The Labute approximate surface area is 91.7 Å². The molecule has 1 heterocycles. The van der Waals surface area contributed by atoms with E-state index in [1.54, 1.807) is 18.2 Å². The number of carbonyl (C=O) groups is 1. The molecule has 5 heteroatoms. The van der Waals surface area contributed by atoms with Gasteiger partial charge < -0.3 is 9.52 Å². The zero-order valence-electron chi connectivity index (χ0n) is 8.67. The molecule has 0 fully saturated rings. The second kappa shape index (κ2) is 4.14. The van der Waals surface area contributed by atoms with Crippen molar-refractivity contribution in [3.63, 3.8) is 0 Å². The van der Waals surface area contributed by atoms with Gasteiger partial charge in [0, 0.05) is 6.42 Å². The molecule has 0 aliphatic rings. The first-order chi connectivity index (χ1) is 7.72. The standard InChI is InChI=1S/C11H10N2O3/c1-2-9-12-13-10(16-9)7-5-3-4-6-8(7)11(14)15/h3-6H,2H2,1H3,(H,14,15). The van der Waals surface area contributed by atoms with Gasteiger partial charge in [0.25, 0.3) is 0 Å². The van der Waals surface area contributed by atoms with Crippen molar-refractivity contribution in [1.29, 1.82) is 0 Å². The summed E-state index contributed by atoms with van der Waals surface area (Å²) < 4.78 is 5.32. The molecule has 0 spiro atoms. The molecule has 82 valence electrons. The van der Waals surface area contributed by atoms with E-state index in [-0.39, 0.29) is 11.5 Å². The summed E-state index contributed by atoms with van der Waals surface area (Å²) in [6.45, 7) is 1.89. The maximum atomic E-state index is 11.0. The topological polar surface area (TPSA) is 76.2 Å². The first kappa shape index (κ1) is 10.4. The highest BCUT2D eigenvalue weighted by atomic mass is 16.4. The Kier molecular flexibility index (Phi) is 2.68. The molecule has 0 atom stereocenters. The lowest BCUT2D eigenvalue weighted by Gasteiger charge is -1.99. The molecule has 0 aliphatic carbocycles. The molecule has 1 aromatic carbocycles. The van der Waals surface area contributed by atoms with Crippen LogP contribution < -0.4 is 0 Å². The quantitative estimate of drug-likeness (QED) is 0.852. The van der Waals surface area contributed by atoms with E-state index in [1.165, 1.54) is 6.07 Å². The second-order valence-electron chi connectivity index (χ2n) is 3.21. The predicted molar refractivity (Wildman–Crippen MR) is 56.1 cm³/mol. The lowest BCUT2D eigenvalue weighted by molar-refractivity contribution is 0.0697. The van der Waals surface area contributed by atoms with Gasteiger partial charge in [0.2, 0.25) is 11.8 Å². The third kappa shape index (κ3) is 1.79. The number of nitrogens with zero attached hydrogens (tertiary/aromatic N) is 2. The molecule has 0 saturated carbocycles. The van der Waals surface area contributed by atoms with Crippen molar-refractivity contribution >= 4 is 5.97 Å². The first-order valence-electron chi connectivity index (χ1n) is 4.87. The fraction of sp³-hybridized carbons (Fsp3) is 0.182. The van der Waals surface area contributed by atoms with Crippen LogP contribution in [0.15, 0.2) is 28.7 Å². The molecule has 1 aromatic heterocycles. The van der Waals surface area contributed by atoms with Crippen LogP contribution >= 0.6 is 0 Å². The normalized spacial score (nSPS) is 10.3. The Morgan fingerprint density at radius 3 is 2.75 bits per heavy atom. The lowest BCUT2D eigenvalue weighted by Crippen LogP contribution is -1.98. The van der Waals surface area contributed by atoms with Gasteiger partial charge in [-0.2, -0.15) is 0 Å². The summed E-state index contributed by atoms with van der Waals surface area (Å²) in [5.41, 5.74) is 0.607. The summed E-state index contributed by atoms with van der Waals surface area (Å²) in [4.78, 5) is 11.0. The highest BCUT2D eigenvalue weighted by Crippen LogP contribution is 2.22. The molecule has 5 nitrogen and oxygen atoms in total. The smallest absolute Gasteiger partial charge is 0.336 e. The van der Waals surface area contributed by atoms with Crippen molar-refractivity contribution in [2.75, 3.05) is 0 Å². The zero-order valence-corrected chi connectivity index (χ0v) is 8.67. The molecule has 0 radical (unpaired) electrons. The Morgan fingerprint density at radius 2 is 2.12 bits per heavy atom. The highest BCUT2D eigenvalue weighted by Gasteiger charge is 2.15. The molecular weight excluding hydrogens is 208 g/mol. The van der Waals surface area contributed by atoms with Crippen molar-refractivity contribution in [2.24, 2.45) is 0 Å². The summed E-state index contributed by atoms with van der Waals surface area (Å²) >= 11 is 0. The highest BCUT2D eigenvalue weighted by molar-refractivity contribution is 5.94. The van der Waals surface area contributed by atoms with Gasteiger partial charge in [-0.25, -0.2) is 4.79 Å². The third-order valence-corrected chi connectivity index (χ3v) is 2.16. The number of rotatable bonds is 3. The number of carboxylic acid groups (broad SMARTS) is 1. The van der Waals surface area contributed by atoms with E-state index < -0.39 is 5.97 Å². The number of hydrogen-bond donors (Lipinski definition) is 1. The fourth-order valence-electron chi connectivity index (χ4n) is 1.36. The summed E-state index contributed by atoms with van der Waals surface area (Å²) in [5.74, 6) is -0.267. The van der Waals surface area contributed by atoms with E-state index in [4.69, 9.17) is 9.52 Å². The van der Waals surface area contributed by atoms with Crippen LogP contribution in [-0.2, 0) is 6.42 Å². The van der Waals surface area contributed by atoms with Gasteiger partial charge in [-0.05, 0) is 12.1 Å². The summed E-state index contributed by atoms with van der Waals surface area (Å²) in [5, 5.41) is 16.6. The molecule has 0 amide bonds. The second-order valence-corrected chi connectivity index (χ2v) is 3.21. The number of carboxylic acids is 1. The Hall–Kier alpha value is -2.17. The summed E-state index contributed by atoms with van der Waals surface area (Å²) in [6.07, 6.45) is 0.627. The zero-order chi connectivity index (χ0) is 11.5. The van der Waals surface area contributed by atoms with E-state index >= 15 is 0 Å². The van der Waals surface area contributed by atoms with Crippen LogP contribution in [0, 0.1) is 0 Å². The van der Waals surface area contributed by atoms with Crippen molar-refractivity contribution in [3.8, 4) is 11.5 Å². The van der Waals surface area contributed by atoms with E-state index in [1.807, 2.05) is 6.92 Å². The average Bonchev–Trinajstić information content (AvgIpc) is 2.77. The monoisotopic (exact) mass is 218 g/mol. The maximum absolute atomic E-state index is 11.0. The molecular formula is C11H10N2O3. The van der Waals surface area contributed by atoms with Crippen LogP contribution in [0.25, 0.3) is 11.5 Å². The number of aromatic nitrogens is 2. The molecule has 0 unspecified atom stereocenters. The number of benzene rings is 1. The van der Waals surface area contributed by atoms with E-state index in [9.17, 15) is 4.79 Å². The third-order valence-electron chi connectivity index (χ3n) is 2.16. The fourth-order valence-corrected chi connectivity index (χ4v) is 1.36. The summed E-state index contributed by atoms with van der Waals surface area (Å²) in [6, 6.07) is 6.55. The molecule has 0 saturated heterocycles. The van der Waals surface area contributed by atoms with Crippen molar-refractivity contribution in [1.82, 2.24) is 10.2 Å².